The van der Waals surface area contributed by atoms with Crippen LogP contribution in [0.4, 0.5) is 9.18 Å². The lowest BCUT2D eigenvalue weighted by molar-refractivity contribution is 0.171. The number of nitrogens with one attached hydrogen (secondary N) is 2. The molecular formula is C13H19FN2O2. The fraction of sp³-hybridized carbons (Fsp3) is 0.462. The normalized spacial score (nSPS) is 12.0. The Morgan fingerprint density at radius 1 is 1.50 bits per heavy atom. The molecule has 0 aromatic heterocycles. The van der Waals surface area contributed by atoms with Gasteiger partial charge < -0.3 is 15.4 Å². The summed E-state index contributed by atoms with van der Waals surface area (Å²) in [6.45, 7) is 4.38. The largest absolute Gasteiger partial charge is 0.383 e. The van der Waals surface area contributed by atoms with Gasteiger partial charge in [0.1, 0.15) is 5.82 Å². The molecule has 2 amide bonds. The lowest BCUT2D eigenvalue weighted by Gasteiger charge is -2.13. The first kappa shape index (κ1) is 14.4. The number of benzene rings is 1. The second-order valence-electron chi connectivity index (χ2n) is 4.27. The standard InChI is InChI=1S/C13H19FN2O2/c1-9-6-11(4-5-12(9)14)7-15-13(17)16-10(2)8-18-3/h4-6,10H,7-8H2,1-3H3,(H2,15,16,17). The molecule has 100 valence electrons. The molecule has 1 unspecified atom stereocenters. The van der Waals surface area contributed by atoms with Gasteiger partial charge in [0.2, 0.25) is 0 Å². The van der Waals surface area contributed by atoms with Gasteiger partial charge in [-0.15, -0.1) is 0 Å². The van der Waals surface area contributed by atoms with Crippen LogP contribution in [0.1, 0.15) is 18.1 Å². The molecule has 0 saturated carbocycles. The van der Waals surface area contributed by atoms with Gasteiger partial charge in [0.05, 0.1) is 12.6 Å². The molecule has 0 fully saturated rings. The average molecular weight is 254 g/mol. The van der Waals surface area contributed by atoms with Crippen LogP contribution < -0.4 is 10.6 Å². The third-order valence-electron chi connectivity index (χ3n) is 2.47. The van der Waals surface area contributed by atoms with Gasteiger partial charge in [-0.1, -0.05) is 12.1 Å². The first-order valence-electron chi connectivity index (χ1n) is 5.81. The van der Waals surface area contributed by atoms with Crippen LogP contribution in [-0.2, 0) is 11.3 Å². The summed E-state index contributed by atoms with van der Waals surface area (Å²) in [6, 6.07) is 4.46. The van der Waals surface area contributed by atoms with E-state index < -0.39 is 0 Å². The highest BCUT2D eigenvalue weighted by molar-refractivity contribution is 5.74. The van der Waals surface area contributed by atoms with E-state index in [4.69, 9.17) is 4.74 Å². The van der Waals surface area contributed by atoms with Gasteiger partial charge >= 0.3 is 6.03 Å². The molecule has 18 heavy (non-hydrogen) atoms. The van der Waals surface area contributed by atoms with E-state index in [1.165, 1.54) is 6.07 Å². The van der Waals surface area contributed by atoms with E-state index in [0.29, 0.717) is 18.7 Å². The Kier molecular flexibility index (Phi) is 5.58. The van der Waals surface area contributed by atoms with Crippen LogP contribution in [0.5, 0.6) is 0 Å². The number of halogens is 1. The molecule has 0 radical (unpaired) electrons. The maximum Gasteiger partial charge on any atom is 0.315 e. The number of carbonyl (C=O) groups is 1. The fourth-order valence-corrected chi connectivity index (χ4v) is 1.57. The monoisotopic (exact) mass is 254 g/mol. The zero-order chi connectivity index (χ0) is 13.5. The molecule has 1 aromatic carbocycles. The Hall–Kier alpha value is -1.62. The summed E-state index contributed by atoms with van der Waals surface area (Å²) in [6.07, 6.45) is 0. The van der Waals surface area contributed by atoms with Crippen molar-refractivity contribution < 1.29 is 13.9 Å². The quantitative estimate of drug-likeness (QED) is 0.844. The Labute approximate surface area is 107 Å². The Morgan fingerprint density at radius 3 is 2.83 bits per heavy atom. The molecule has 0 aliphatic carbocycles. The number of hydrogen-bond acceptors (Lipinski definition) is 2. The smallest absolute Gasteiger partial charge is 0.315 e. The highest BCUT2D eigenvalue weighted by atomic mass is 19.1. The molecule has 0 saturated heterocycles. The van der Waals surface area contributed by atoms with Crippen molar-refractivity contribution in [3.05, 3.63) is 35.1 Å². The zero-order valence-electron chi connectivity index (χ0n) is 10.9. The fourth-order valence-electron chi connectivity index (χ4n) is 1.57. The summed E-state index contributed by atoms with van der Waals surface area (Å²) in [5.74, 6) is -0.239. The molecule has 0 heterocycles. The Balaban J connectivity index is 2.40. The highest BCUT2D eigenvalue weighted by Gasteiger charge is 2.06. The number of amides is 2. The lowest BCUT2D eigenvalue weighted by Crippen LogP contribution is -2.42. The molecular weight excluding hydrogens is 235 g/mol. The Morgan fingerprint density at radius 2 is 2.22 bits per heavy atom. The number of hydrogen-bond donors (Lipinski definition) is 2. The summed E-state index contributed by atoms with van der Waals surface area (Å²) in [4.78, 5) is 11.5. The first-order valence-corrected chi connectivity index (χ1v) is 5.81. The highest BCUT2D eigenvalue weighted by Crippen LogP contribution is 2.08. The minimum absolute atomic E-state index is 0.0510. The first-order chi connectivity index (χ1) is 8.52. The predicted octanol–water partition coefficient (Wildman–Crippen LogP) is 1.97. The van der Waals surface area contributed by atoms with E-state index >= 15 is 0 Å². The average Bonchev–Trinajstić information content (AvgIpc) is 2.31. The van der Waals surface area contributed by atoms with Crippen LogP contribution in [0.15, 0.2) is 18.2 Å². The van der Waals surface area contributed by atoms with Gasteiger partial charge in [-0.05, 0) is 31.0 Å². The number of carbonyl (C=O) groups excluding carboxylic acids is 1. The maximum absolute atomic E-state index is 13.0. The lowest BCUT2D eigenvalue weighted by atomic mass is 10.1. The van der Waals surface area contributed by atoms with Crippen LogP contribution >= 0.6 is 0 Å². The summed E-state index contributed by atoms with van der Waals surface area (Å²) < 4.78 is 18.0. The van der Waals surface area contributed by atoms with E-state index in [2.05, 4.69) is 10.6 Å². The molecule has 0 spiro atoms. The summed E-state index contributed by atoms with van der Waals surface area (Å²) in [7, 11) is 1.58. The molecule has 0 aliphatic rings. The predicted molar refractivity (Wildman–Crippen MR) is 67.8 cm³/mol. The molecule has 0 aliphatic heterocycles. The van der Waals surface area contributed by atoms with Crippen molar-refractivity contribution in [2.24, 2.45) is 0 Å². The van der Waals surface area contributed by atoms with Crippen LogP contribution in [0.25, 0.3) is 0 Å². The van der Waals surface area contributed by atoms with Gasteiger partial charge in [0.25, 0.3) is 0 Å². The molecule has 1 rings (SSSR count). The minimum Gasteiger partial charge on any atom is -0.383 e. The molecule has 1 atom stereocenters. The number of methoxy groups -OCH3 is 1. The summed E-state index contributed by atoms with van der Waals surface area (Å²) in [5, 5.41) is 5.43. The van der Waals surface area contributed by atoms with E-state index in [-0.39, 0.29) is 17.9 Å². The molecule has 0 bridgehead atoms. The van der Waals surface area contributed by atoms with Gasteiger partial charge in [-0.25, -0.2) is 9.18 Å². The molecule has 1 aromatic rings. The number of urea groups is 1. The Bertz CT molecular complexity index is 410. The van der Waals surface area contributed by atoms with Gasteiger partial charge in [0.15, 0.2) is 0 Å². The van der Waals surface area contributed by atoms with Gasteiger partial charge in [-0.2, -0.15) is 0 Å². The van der Waals surface area contributed by atoms with Crippen molar-refractivity contribution >= 4 is 6.03 Å². The van der Waals surface area contributed by atoms with Gasteiger partial charge in [-0.3, -0.25) is 0 Å². The van der Waals surface area contributed by atoms with Crippen molar-refractivity contribution in [2.45, 2.75) is 26.4 Å². The SMILES string of the molecule is COCC(C)NC(=O)NCc1ccc(F)c(C)c1. The van der Waals surface area contributed by atoms with Crippen molar-refractivity contribution in [3.8, 4) is 0 Å². The van der Waals surface area contributed by atoms with E-state index in [9.17, 15) is 9.18 Å². The van der Waals surface area contributed by atoms with Crippen LogP contribution in [-0.4, -0.2) is 25.8 Å². The van der Waals surface area contributed by atoms with Crippen molar-refractivity contribution in [2.75, 3.05) is 13.7 Å². The van der Waals surface area contributed by atoms with Crippen molar-refractivity contribution in [3.63, 3.8) is 0 Å². The van der Waals surface area contributed by atoms with E-state index in [0.717, 1.165) is 5.56 Å². The second-order valence-corrected chi connectivity index (χ2v) is 4.27. The third kappa shape index (κ3) is 4.71. The molecule has 5 heteroatoms. The zero-order valence-corrected chi connectivity index (χ0v) is 10.9. The van der Waals surface area contributed by atoms with Crippen LogP contribution in [0, 0.1) is 12.7 Å². The van der Waals surface area contributed by atoms with Gasteiger partial charge in [0, 0.05) is 13.7 Å². The van der Waals surface area contributed by atoms with Crippen LogP contribution in [0.3, 0.4) is 0 Å². The molecule has 4 nitrogen and oxygen atoms in total. The van der Waals surface area contributed by atoms with E-state index in [1.54, 1.807) is 26.2 Å². The number of ether oxygens (including phenoxy) is 1. The second kappa shape index (κ2) is 6.96. The number of rotatable bonds is 5. The van der Waals surface area contributed by atoms with Crippen molar-refractivity contribution in [1.29, 1.82) is 0 Å². The van der Waals surface area contributed by atoms with E-state index in [1.807, 2.05) is 6.92 Å². The third-order valence-corrected chi connectivity index (χ3v) is 2.47. The number of aryl methyl sites for hydroxylation is 1. The minimum atomic E-state index is -0.262. The topological polar surface area (TPSA) is 50.4 Å². The summed E-state index contributed by atoms with van der Waals surface area (Å²) in [5.41, 5.74) is 1.44. The summed E-state index contributed by atoms with van der Waals surface area (Å²) >= 11 is 0. The molecule has 2 N–H and O–H groups in total. The maximum atomic E-state index is 13.0. The van der Waals surface area contributed by atoms with Crippen molar-refractivity contribution in [1.82, 2.24) is 10.6 Å². The van der Waals surface area contributed by atoms with Crippen LogP contribution in [0.2, 0.25) is 0 Å².